The summed E-state index contributed by atoms with van der Waals surface area (Å²) in [5.74, 6) is -0.193. The molecule has 2 aliphatic carbocycles. The zero-order chi connectivity index (χ0) is 18.0. The highest BCUT2D eigenvalue weighted by Crippen LogP contribution is 2.42. The lowest BCUT2D eigenvalue weighted by atomic mass is 9.97. The van der Waals surface area contributed by atoms with E-state index in [2.05, 4.69) is 16.5 Å². The van der Waals surface area contributed by atoms with E-state index >= 15 is 0 Å². The van der Waals surface area contributed by atoms with Crippen molar-refractivity contribution in [3.63, 3.8) is 0 Å². The number of nitrogens with zero attached hydrogens (tertiary/aromatic N) is 2. The first kappa shape index (κ1) is 18.0. The number of rotatable bonds is 6. The van der Waals surface area contributed by atoms with Gasteiger partial charge in [0.2, 0.25) is 5.91 Å². The third kappa shape index (κ3) is 4.44. The number of nitrogens with one attached hydrogen (secondary N) is 1. The quantitative estimate of drug-likeness (QED) is 0.771. The minimum Gasteiger partial charge on any atom is -0.354 e. The number of alkyl halides is 3. The summed E-state index contributed by atoms with van der Waals surface area (Å²) in [6, 6.07) is 0.348. The Kier molecular flexibility index (Phi) is 5.20. The van der Waals surface area contributed by atoms with E-state index in [9.17, 15) is 18.0 Å². The molecule has 0 aromatic carbocycles. The van der Waals surface area contributed by atoms with Gasteiger partial charge in [-0.3, -0.25) is 9.48 Å². The monoisotopic (exact) mass is 355 g/mol. The molecule has 1 aromatic rings. The van der Waals surface area contributed by atoms with Crippen molar-refractivity contribution < 1.29 is 18.0 Å². The minimum absolute atomic E-state index is 0.0891. The van der Waals surface area contributed by atoms with Crippen molar-refractivity contribution in [3.8, 4) is 0 Å². The van der Waals surface area contributed by atoms with Crippen molar-refractivity contribution in [2.75, 3.05) is 6.54 Å². The molecule has 4 nitrogen and oxygen atoms in total. The highest BCUT2D eigenvalue weighted by atomic mass is 19.4. The highest BCUT2D eigenvalue weighted by Gasteiger charge is 2.39. The first-order valence-corrected chi connectivity index (χ1v) is 8.98. The van der Waals surface area contributed by atoms with E-state index in [4.69, 9.17) is 0 Å². The maximum atomic E-state index is 13.0. The van der Waals surface area contributed by atoms with E-state index in [0.717, 1.165) is 38.2 Å². The van der Waals surface area contributed by atoms with Crippen LogP contribution in [0.2, 0.25) is 0 Å². The summed E-state index contributed by atoms with van der Waals surface area (Å²) in [7, 11) is 0. The maximum Gasteiger partial charge on any atom is 0.435 e. The van der Waals surface area contributed by atoms with Crippen LogP contribution in [0.1, 0.15) is 75.2 Å². The second kappa shape index (κ2) is 7.22. The molecule has 1 amide bonds. The summed E-state index contributed by atoms with van der Waals surface area (Å²) >= 11 is 0. The van der Waals surface area contributed by atoms with Gasteiger partial charge in [0.15, 0.2) is 5.69 Å². The molecule has 0 spiro atoms. The molecule has 1 heterocycles. The molecule has 0 bridgehead atoms. The maximum absolute atomic E-state index is 13.0. The molecular formula is C18H24F3N3O. The molecule has 0 aliphatic heterocycles. The van der Waals surface area contributed by atoms with Crippen LogP contribution in [0, 0.1) is 0 Å². The van der Waals surface area contributed by atoms with Crippen LogP contribution in [0.15, 0.2) is 17.7 Å². The van der Waals surface area contributed by atoms with Crippen LogP contribution in [0.5, 0.6) is 0 Å². The average Bonchev–Trinajstić information content (AvgIpc) is 3.32. The van der Waals surface area contributed by atoms with Crippen molar-refractivity contribution in [2.45, 2.75) is 70.0 Å². The fourth-order valence-electron chi connectivity index (χ4n) is 3.28. The van der Waals surface area contributed by atoms with E-state index in [0.29, 0.717) is 12.2 Å². The van der Waals surface area contributed by atoms with E-state index in [1.807, 2.05) is 0 Å². The van der Waals surface area contributed by atoms with Gasteiger partial charge >= 0.3 is 6.18 Å². The summed E-state index contributed by atoms with van der Waals surface area (Å²) in [6.45, 7) is 2.12. The molecule has 1 atom stereocenters. The Morgan fingerprint density at radius 1 is 1.40 bits per heavy atom. The van der Waals surface area contributed by atoms with Crippen LogP contribution in [0.25, 0.3) is 0 Å². The number of carbonyl (C=O) groups excluding carboxylic acids is 1. The standard InChI is InChI=1S/C18H24F3N3O/c1-12(17(25)22-10-9-13-5-3-2-4-6-13)24-15(14-7-8-14)11-16(23-24)18(19,20)21/h5,11-12,14H,2-4,6-10H2,1H3,(H,22,25)/t12-/m1/s1. The largest absolute Gasteiger partial charge is 0.435 e. The van der Waals surface area contributed by atoms with Gasteiger partial charge in [-0.2, -0.15) is 18.3 Å². The molecule has 0 saturated heterocycles. The number of hydrogen-bond donors (Lipinski definition) is 1. The number of halogens is 3. The van der Waals surface area contributed by atoms with E-state index in [1.165, 1.54) is 23.1 Å². The zero-order valence-corrected chi connectivity index (χ0v) is 14.4. The smallest absolute Gasteiger partial charge is 0.354 e. The minimum atomic E-state index is -4.49. The molecule has 1 fully saturated rings. The van der Waals surface area contributed by atoms with Gasteiger partial charge in [-0.25, -0.2) is 0 Å². The van der Waals surface area contributed by atoms with Crippen LogP contribution in [-0.2, 0) is 11.0 Å². The van der Waals surface area contributed by atoms with Gasteiger partial charge < -0.3 is 5.32 Å². The summed E-state index contributed by atoms with van der Waals surface area (Å²) in [5, 5.41) is 6.52. The van der Waals surface area contributed by atoms with Gasteiger partial charge in [-0.1, -0.05) is 11.6 Å². The van der Waals surface area contributed by atoms with Gasteiger partial charge in [0.25, 0.3) is 0 Å². The Balaban J connectivity index is 1.63. The SMILES string of the molecule is C[C@H](C(=O)NCCC1=CCCCC1)n1nc(C(F)(F)F)cc1C1CC1. The molecule has 7 heteroatoms. The predicted octanol–water partition coefficient (Wildman–Crippen LogP) is 4.35. The van der Waals surface area contributed by atoms with Crippen LogP contribution in [-0.4, -0.2) is 22.2 Å². The van der Waals surface area contributed by atoms with Crippen LogP contribution in [0.4, 0.5) is 13.2 Å². The Morgan fingerprint density at radius 2 is 2.16 bits per heavy atom. The molecule has 3 rings (SSSR count). The van der Waals surface area contributed by atoms with Crippen molar-refractivity contribution in [2.24, 2.45) is 0 Å². The van der Waals surface area contributed by atoms with Gasteiger partial charge in [-0.05, 0) is 57.9 Å². The van der Waals surface area contributed by atoms with Gasteiger partial charge in [0.1, 0.15) is 6.04 Å². The molecule has 1 aromatic heterocycles. The molecule has 2 aliphatic rings. The first-order valence-electron chi connectivity index (χ1n) is 8.98. The summed E-state index contributed by atoms with van der Waals surface area (Å²) in [4.78, 5) is 12.4. The zero-order valence-electron chi connectivity index (χ0n) is 14.4. The number of hydrogen-bond acceptors (Lipinski definition) is 2. The number of aromatic nitrogens is 2. The van der Waals surface area contributed by atoms with Gasteiger partial charge in [0.05, 0.1) is 0 Å². The molecule has 25 heavy (non-hydrogen) atoms. The normalized spacial score (nSPS) is 19.4. The predicted molar refractivity (Wildman–Crippen MR) is 88.1 cm³/mol. The molecule has 1 N–H and O–H groups in total. The van der Waals surface area contributed by atoms with Crippen molar-refractivity contribution >= 4 is 5.91 Å². The summed E-state index contributed by atoms with van der Waals surface area (Å²) in [5.41, 5.74) is 0.961. The third-order valence-electron chi connectivity index (χ3n) is 4.93. The average molecular weight is 355 g/mol. The lowest BCUT2D eigenvalue weighted by molar-refractivity contribution is -0.142. The topological polar surface area (TPSA) is 46.9 Å². The lowest BCUT2D eigenvalue weighted by Crippen LogP contribution is -2.33. The number of allylic oxidation sites excluding steroid dienone is 1. The fourth-order valence-corrected chi connectivity index (χ4v) is 3.28. The lowest BCUT2D eigenvalue weighted by Gasteiger charge is -2.17. The van der Waals surface area contributed by atoms with Crippen molar-refractivity contribution in [1.82, 2.24) is 15.1 Å². The number of amides is 1. The third-order valence-corrected chi connectivity index (χ3v) is 4.93. The molecule has 0 radical (unpaired) electrons. The van der Waals surface area contributed by atoms with Crippen molar-refractivity contribution in [3.05, 3.63) is 29.1 Å². The Hall–Kier alpha value is -1.79. The first-order chi connectivity index (χ1) is 11.9. The van der Waals surface area contributed by atoms with E-state index < -0.39 is 17.9 Å². The highest BCUT2D eigenvalue weighted by molar-refractivity contribution is 5.79. The van der Waals surface area contributed by atoms with Crippen LogP contribution < -0.4 is 5.32 Å². The second-order valence-corrected chi connectivity index (χ2v) is 7.00. The Bertz CT molecular complexity index is 659. The second-order valence-electron chi connectivity index (χ2n) is 7.00. The molecule has 0 unspecified atom stereocenters. The molecule has 1 saturated carbocycles. The van der Waals surface area contributed by atoms with Crippen molar-refractivity contribution in [1.29, 1.82) is 0 Å². The summed E-state index contributed by atoms with van der Waals surface area (Å²) < 4.78 is 40.1. The summed E-state index contributed by atoms with van der Waals surface area (Å²) in [6.07, 6.45) is 4.83. The fraction of sp³-hybridized carbons (Fsp3) is 0.667. The Morgan fingerprint density at radius 3 is 2.76 bits per heavy atom. The van der Waals surface area contributed by atoms with Crippen LogP contribution in [0.3, 0.4) is 0 Å². The molecule has 138 valence electrons. The van der Waals surface area contributed by atoms with Gasteiger partial charge in [-0.15, -0.1) is 0 Å². The molecular weight excluding hydrogens is 331 g/mol. The number of carbonyl (C=O) groups is 1. The van der Waals surface area contributed by atoms with Gasteiger partial charge in [0, 0.05) is 18.2 Å². The Labute approximate surface area is 145 Å². The van der Waals surface area contributed by atoms with Crippen LogP contribution >= 0.6 is 0 Å². The van der Waals surface area contributed by atoms with E-state index in [-0.39, 0.29) is 11.8 Å². The van der Waals surface area contributed by atoms with E-state index in [1.54, 1.807) is 6.92 Å².